The summed E-state index contributed by atoms with van der Waals surface area (Å²) in [4.78, 5) is 23.7. The largest absolute Gasteiger partial charge is 0.491 e. The van der Waals surface area contributed by atoms with E-state index in [1.54, 1.807) is 31.2 Å². The van der Waals surface area contributed by atoms with Gasteiger partial charge in [0.1, 0.15) is 18.0 Å². The minimum atomic E-state index is -0.982. The standard InChI is InChI=1S/C19H27NO6/c1-3-24-11-12-25-15-7-5-14(6-8-15)16(13-17(21)22)20-18(23)19(2)9-4-10-26-19/h5-8,16H,3-4,9-13H2,1-2H3,(H,20,23)(H,21,22). The highest BCUT2D eigenvalue weighted by atomic mass is 16.5. The van der Waals surface area contributed by atoms with Crippen molar-refractivity contribution in [1.82, 2.24) is 5.32 Å². The molecule has 1 saturated heterocycles. The Hall–Kier alpha value is -2.12. The van der Waals surface area contributed by atoms with Crippen molar-refractivity contribution in [3.8, 4) is 5.75 Å². The van der Waals surface area contributed by atoms with Gasteiger partial charge in [-0.15, -0.1) is 0 Å². The van der Waals surface area contributed by atoms with Gasteiger partial charge in [-0.3, -0.25) is 9.59 Å². The van der Waals surface area contributed by atoms with Crippen LogP contribution in [-0.4, -0.2) is 49.0 Å². The molecule has 0 aromatic heterocycles. The zero-order valence-corrected chi connectivity index (χ0v) is 15.3. The maximum atomic E-state index is 12.5. The molecule has 144 valence electrons. The Morgan fingerprint density at radius 1 is 1.31 bits per heavy atom. The van der Waals surface area contributed by atoms with E-state index in [1.165, 1.54) is 0 Å². The van der Waals surface area contributed by atoms with Crippen LogP contribution in [0.1, 0.15) is 44.7 Å². The summed E-state index contributed by atoms with van der Waals surface area (Å²) >= 11 is 0. The Balaban J connectivity index is 2.01. The van der Waals surface area contributed by atoms with Crippen LogP contribution in [0.3, 0.4) is 0 Å². The second-order valence-electron chi connectivity index (χ2n) is 6.42. The van der Waals surface area contributed by atoms with Crippen LogP contribution in [0.5, 0.6) is 5.75 Å². The number of ether oxygens (including phenoxy) is 3. The summed E-state index contributed by atoms with van der Waals surface area (Å²) in [7, 11) is 0. The number of carbonyl (C=O) groups is 2. The fraction of sp³-hybridized carbons (Fsp3) is 0.579. The van der Waals surface area contributed by atoms with E-state index in [1.807, 2.05) is 6.92 Å². The topological polar surface area (TPSA) is 94.1 Å². The molecule has 1 aromatic carbocycles. The molecule has 1 aliphatic rings. The third-order valence-corrected chi connectivity index (χ3v) is 4.37. The SMILES string of the molecule is CCOCCOc1ccc(C(CC(=O)O)NC(=O)C2(C)CCCO2)cc1. The van der Waals surface area contributed by atoms with Gasteiger partial charge >= 0.3 is 5.97 Å². The molecule has 2 atom stereocenters. The quantitative estimate of drug-likeness (QED) is 0.618. The van der Waals surface area contributed by atoms with Crippen molar-refractivity contribution in [2.24, 2.45) is 0 Å². The lowest BCUT2D eigenvalue weighted by Crippen LogP contribution is -2.45. The number of benzene rings is 1. The molecule has 0 saturated carbocycles. The molecular weight excluding hydrogens is 338 g/mol. The van der Waals surface area contributed by atoms with Crippen LogP contribution in [0.2, 0.25) is 0 Å². The van der Waals surface area contributed by atoms with E-state index in [0.717, 1.165) is 6.42 Å². The van der Waals surface area contributed by atoms with Crippen molar-refractivity contribution in [2.45, 2.75) is 44.8 Å². The molecule has 1 amide bonds. The van der Waals surface area contributed by atoms with Gasteiger partial charge in [-0.2, -0.15) is 0 Å². The first kappa shape index (κ1) is 20.2. The van der Waals surface area contributed by atoms with Gasteiger partial charge in [-0.25, -0.2) is 0 Å². The third-order valence-electron chi connectivity index (χ3n) is 4.37. The average molecular weight is 365 g/mol. The number of nitrogens with one attached hydrogen (secondary N) is 1. The van der Waals surface area contributed by atoms with Crippen molar-refractivity contribution in [2.75, 3.05) is 26.4 Å². The Bertz CT molecular complexity index is 595. The van der Waals surface area contributed by atoms with Gasteiger partial charge in [0.2, 0.25) is 0 Å². The van der Waals surface area contributed by atoms with E-state index in [4.69, 9.17) is 14.2 Å². The van der Waals surface area contributed by atoms with Crippen LogP contribution in [-0.2, 0) is 19.1 Å². The predicted octanol–water partition coefficient (Wildman–Crippen LogP) is 2.30. The van der Waals surface area contributed by atoms with Crippen LogP contribution in [0, 0.1) is 0 Å². The van der Waals surface area contributed by atoms with Gasteiger partial charge in [0.15, 0.2) is 0 Å². The maximum absolute atomic E-state index is 12.5. The number of carboxylic acid groups (broad SMARTS) is 1. The molecule has 1 heterocycles. The molecule has 2 N–H and O–H groups in total. The first-order valence-electron chi connectivity index (χ1n) is 8.92. The number of rotatable bonds is 10. The lowest BCUT2D eigenvalue weighted by molar-refractivity contribution is -0.141. The molecule has 0 aliphatic carbocycles. The van der Waals surface area contributed by atoms with Crippen LogP contribution >= 0.6 is 0 Å². The van der Waals surface area contributed by atoms with Gasteiger partial charge in [-0.1, -0.05) is 12.1 Å². The molecule has 2 unspecified atom stereocenters. The molecule has 1 fully saturated rings. The lowest BCUT2D eigenvalue weighted by atomic mass is 9.98. The molecule has 0 radical (unpaired) electrons. The zero-order chi connectivity index (χ0) is 19.0. The number of hydrogen-bond donors (Lipinski definition) is 2. The highest BCUT2D eigenvalue weighted by Gasteiger charge is 2.38. The van der Waals surface area contributed by atoms with E-state index >= 15 is 0 Å². The summed E-state index contributed by atoms with van der Waals surface area (Å²) in [5.74, 6) is -0.594. The summed E-state index contributed by atoms with van der Waals surface area (Å²) in [6.45, 7) is 5.79. The zero-order valence-electron chi connectivity index (χ0n) is 15.3. The molecule has 7 nitrogen and oxygen atoms in total. The van der Waals surface area contributed by atoms with E-state index in [0.29, 0.717) is 44.2 Å². The molecular formula is C19H27NO6. The van der Waals surface area contributed by atoms with Gasteiger partial charge in [-0.05, 0) is 44.4 Å². The molecule has 1 aliphatic heterocycles. The van der Waals surface area contributed by atoms with Crippen molar-refractivity contribution in [1.29, 1.82) is 0 Å². The van der Waals surface area contributed by atoms with Gasteiger partial charge in [0.05, 0.1) is 19.1 Å². The Morgan fingerprint density at radius 3 is 2.62 bits per heavy atom. The van der Waals surface area contributed by atoms with Crippen molar-refractivity contribution in [3.63, 3.8) is 0 Å². The second kappa shape index (κ2) is 9.54. The summed E-state index contributed by atoms with van der Waals surface area (Å²) in [5, 5.41) is 12.0. The predicted molar refractivity (Wildman–Crippen MR) is 95.2 cm³/mol. The molecule has 0 bridgehead atoms. The average Bonchev–Trinajstić information content (AvgIpc) is 3.06. The summed E-state index contributed by atoms with van der Waals surface area (Å²) < 4.78 is 16.3. The smallest absolute Gasteiger partial charge is 0.305 e. The number of amides is 1. The highest BCUT2D eigenvalue weighted by molar-refractivity contribution is 5.86. The molecule has 26 heavy (non-hydrogen) atoms. The third kappa shape index (κ3) is 5.71. The number of carbonyl (C=O) groups excluding carboxylic acids is 1. The van der Waals surface area contributed by atoms with Crippen molar-refractivity contribution in [3.05, 3.63) is 29.8 Å². The summed E-state index contributed by atoms with van der Waals surface area (Å²) in [6.07, 6.45) is 1.25. The van der Waals surface area contributed by atoms with Gasteiger partial charge in [0.25, 0.3) is 5.91 Å². The van der Waals surface area contributed by atoms with Gasteiger partial charge < -0.3 is 24.6 Å². The second-order valence-corrected chi connectivity index (χ2v) is 6.42. The summed E-state index contributed by atoms with van der Waals surface area (Å²) in [5.41, 5.74) is -0.182. The monoisotopic (exact) mass is 365 g/mol. The first-order valence-corrected chi connectivity index (χ1v) is 8.92. The minimum absolute atomic E-state index is 0.202. The van der Waals surface area contributed by atoms with E-state index in [2.05, 4.69) is 5.32 Å². The fourth-order valence-electron chi connectivity index (χ4n) is 2.86. The normalized spacial score (nSPS) is 20.5. The Morgan fingerprint density at radius 2 is 2.04 bits per heavy atom. The van der Waals surface area contributed by atoms with Crippen LogP contribution in [0.15, 0.2) is 24.3 Å². The number of carboxylic acids is 1. The summed E-state index contributed by atoms with van der Waals surface area (Å²) in [6, 6.07) is 6.42. The van der Waals surface area contributed by atoms with E-state index in [-0.39, 0.29) is 12.3 Å². The Labute approximate surface area is 153 Å². The van der Waals surface area contributed by atoms with Gasteiger partial charge in [0, 0.05) is 13.2 Å². The Kier molecular flexibility index (Phi) is 7.41. The van der Waals surface area contributed by atoms with Crippen LogP contribution < -0.4 is 10.1 Å². The molecule has 1 aromatic rings. The molecule has 2 rings (SSSR count). The maximum Gasteiger partial charge on any atom is 0.305 e. The van der Waals surface area contributed by atoms with Crippen LogP contribution in [0.25, 0.3) is 0 Å². The van der Waals surface area contributed by atoms with E-state index in [9.17, 15) is 14.7 Å². The lowest BCUT2D eigenvalue weighted by Gasteiger charge is -2.26. The number of aliphatic carboxylic acids is 1. The minimum Gasteiger partial charge on any atom is -0.491 e. The molecule has 0 spiro atoms. The number of hydrogen-bond acceptors (Lipinski definition) is 5. The van der Waals surface area contributed by atoms with Crippen molar-refractivity contribution < 1.29 is 28.9 Å². The highest BCUT2D eigenvalue weighted by Crippen LogP contribution is 2.27. The van der Waals surface area contributed by atoms with Crippen molar-refractivity contribution >= 4 is 11.9 Å². The van der Waals surface area contributed by atoms with E-state index < -0.39 is 17.6 Å². The molecule has 7 heteroatoms. The van der Waals surface area contributed by atoms with Crippen LogP contribution in [0.4, 0.5) is 0 Å². The fourth-order valence-corrected chi connectivity index (χ4v) is 2.86. The first-order chi connectivity index (χ1) is 12.4.